The molecule has 0 aromatic rings. The number of nitrogens with zero attached hydrogens (tertiary/aromatic N) is 7. The van der Waals surface area contributed by atoms with Gasteiger partial charge in [-0.3, -0.25) is 36.5 Å². The van der Waals surface area contributed by atoms with Gasteiger partial charge in [0.2, 0.25) is 31.2 Å². The number of hydrogen-bond donors (Lipinski definition) is 7. The van der Waals surface area contributed by atoms with Gasteiger partial charge in [-0.15, -0.1) is 0 Å². The van der Waals surface area contributed by atoms with Gasteiger partial charge in [0, 0.05) is 82.4 Å². The average Bonchev–Trinajstić information content (AvgIpc) is 3.08. The van der Waals surface area contributed by atoms with E-state index in [9.17, 15) is 69.3 Å². The van der Waals surface area contributed by atoms with Crippen LogP contribution < -0.4 is 35.7 Å². The number of carboxylic acids is 7. The zero-order valence-electron chi connectivity index (χ0n) is 28.0. The largest absolute Gasteiger partial charge is 4.00 e. The Balaban J connectivity index is -0.0000000800. The van der Waals surface area contributed by atoms with E-state index in [0.29, 0.717) is 0 Å². The Kier molecular flexibility index (Phi) is 52.4. The fourth-order valence-electron chi connectivity index (χ4n) is 0.527. The summed E-state index contributed by atoms with van der Waals surface area (Å²) in [6.45, 7) is 0. The average molecular weight is 1470 g/mol. The van der Waals surface area contributed by atoms with Crippen LogP contribution in [0.4, 0.5) is 0 Å². The molecule has 7 N–H and O–H groups in total. The van der Waals surface area contributed by atoms with Gasteiger partial charge in [-0.2, -0.15) is 0 Å². The molecular weight excluding hydrogens is 1460 g/mol. The van der Waals surface area contributed by atoms with Crippen molar-refractivity contribution in [1.29, 1.82) is 0 Å². The molecule has 0 aliphatic heterocycles. The first-order chi connectivity index (χ1) is 27.2. The third-order valence-corrected chi connectivity index (χ3v) is 10.7. The quantitative estimate of drug-likeness (QED) is 0.0313. The summed E-state index contributed by atoms with van der Waals surface area (Å²) in [4.78, 5) is 68.6. The maximum atomic E-state index is 9.80. The number of carbonyl (C=O) groups excluding carboxylic acids is 7. The Hall–Kier alpha value is 3.24. The second kappa shape index (κ2) is 38.8. The fourth-order valence-corrected chi connectivity index (χ4v) is 1.01. The molecule has 0 aliphatic carbocycles. The van der Waals surface area contributed by atoms with Crippen molar-refractivity contribution in [1.82, 2.24) is 32.1 Å². The molecule has 0 saturated heterocycles. The molecule has 0 unspecified atom stereocenters. The maximum Gasteiger partial charge on any atom is 4.00 e. The Morgan fingerprint density at radius 2 is 0.308 bits per heavy atom. The zero-order valence-corrected chi connectivity index (χ0v) is 47.5. The summed E-state index contributed by atoms with van der Waals surface area (Å²) in [6.07, 6.45) is 0. The Morgan fingerprint density at radius 1 is 0.262 bits per heavy atom. The van der Waals surface area contributed by atoms with Crippen molar-refractivity contribution in [3.63, 3.8) is 0 Å². The van der Waals surface area contributed by atoms with Crippen LogP contribution in [0.1, 0.15) is 0 Å². The van der Waals surface area contributed by atoms with Gasteiger partial charge in [0.1, 0.15) is 0 Å². The molecule has 0 amide bonds. The van der Waals surface area contributed by atoms with E-state index in [1.807, 2.05) is 0 Å². The van der Waals surface area contributed by atoms with E-state index in [0.717, 1.165) is 0 Å². The molecule has 0 atom stereocenters. The van der Waals surface area contributed by atoms with Crippen molar-refractivity contribution in [2.75, 3.05) is 0 Å². The van der Waals surface area contributed by atoms with E-state index in [1.54, 1.807) is 0 Å². The molecule has 0 bridgehead atoms. The molecule has 0 fully saturated rings. The van der Waals surface area contributed by atoms with E-state index < -0.39 is 105 Å². The minimum Gasteiger partial charge on any atom is -0.545 e. The second-order valence-corrected chi connectivity index (χ2v) is 18.9. The van der Waals surface area contributed by atoms with Crippen molar-refractivity contribution in [3.8, 4) is 0 Å². The van der Waals surface area contributed by atoms with Gasteiger partial charge >= 0.3 is 43.6 Å². The summed E-state index contributed by atoms with van der Waals surface area (Å²) in [6, 6.07) is 0. The van der Waals surface area contributed by atoms with Gasteiger partial charge in [-0.05, 0) is 0 Å². The van der Waals surface area contributed by atoms with Crippen LogP contribution in [-0.2, 0) is 59.8 Å². The van der Waals surface area contributed by atoms with Gasteiger partial charge in [-0.25, -0.2) is 0 Å². The summed E-state index contributed by atoms with van der Waals surface area (Å²) in [5, 5.41) is 126. The Bertz CT molecular complexity index is 1180. The van der Waals surface area contributed by atoms with Gasteiger partial charge in [-0.1, -0.05) is 194 Å². The number of halogens is 21. The van der Waals surface area contributed by atoms with Gasteiger partial charge in [0.15, 0.2) is 0 Å². The molecule has 0 aliphatic rings. The summed E-state index contributed by atoms with van der Waals surface area (Å²) in [5.41, 5.74) is 0. The monoisotopic (exact) mass is 1460 g/mol. The Morgan fingerprint density at radius 3 is 0.308 bits per heavy atom. The molecule has 0 heterocycles. The first-order valence-corrected chi connectivity index (χ1v) is 19.1. The van der Waals surface area contributed by atoms with Gasteiger partial charge in [0.05, 0.1) is 41.8 Å². The molecular formula is C14H7AlCl21N7O21Zr. The van der Waals surface area contributed by atoms with E-state index in [4.69, 9.17) is 199 Å². The molecule has 51 heteroatoms. The first-order valence-electron chi connectivity index (χ1n) is 11.4. The summed E-state index contributed by atoms with van der Waals surface area (Å²) in [7, 11) is 0. The maximum absolute atomic E-state index is 9.80. The number of aliphatic carboxylic acids is 7. The van der Waals surface area contributed by atoms with Gasteiger partial charge < -0.3 is 69.3 Å². The third-order valence-electron chi connectivity index (χ3n) is 3.34. The molecule has 28 nitrogen and oxygen atoms in total. The summed E-state index contributed by atoms with van der Waals surface area (Å²) >= 11 is 101. The number of alkyl halides is 14. The fraction of sp³-hybridized carbons (Fsp3) is 0.500. The topological polar surface area (TPSA) is 445 Å². The van der Waals surface area contributed by atoms with E-state index in [2.05, 4.69) is 82.4 Å². The van der Waals surface area contributed by atoms with Crippen molar-refractivity contribution in [3.05, 3.63) is 0 Å². The first kappa shape index (κ1) is 87.9. The molecule has 65 heavy (non-hydrogen) atoms. The van der Waals surface area contributed by atoms with Gasteiger partial charge in [0.25, 0.3) is 0 Å². The second-order valence-electron chi connectivity index (χ2n) is 7.62. The van der Waals surface area contributed by atoms with Crippen LogP contribution >= 0.6 is 245 Å². The van der Waals surface area contributed by atoms with Crippen molar-refractivity contribution >= 4 is 304 Å². The van der Waals surface area contributed by atoms with Crippen LogP contribution in [0.2, 0.25) is 0 Å². The normalized spacial score (nSPS) is 11.7. The molecule has 378 valence electrons. The number of hydrogen-bond acceptors (Lipinski definition) is 28. The van der Waals surface area contributed by atoms with E-state index in [-0.39, 0.29) is 43.6 Å². The molecule has 0 spiro atoms. The number of hydroxylamine groups is 7. The molecule has 0 radical (unpaired) electrons. The minimum absolute atomic E-state index is 0. The smallest absolute Gasteiger partial charge is 0.545 e. The zero-order chi connectivity index (χ0) is 53.6. The predicted octanol–water partition coefficient (Wildman–Crippen LogP) is -2.39. The van der Waals surface area contributed by atoms with E-state index in [1.165, 1.54) is 0 Å². The molecule has 0 aromatic carbocycles. The van der Waals surface area contributed by atoms with Crippen molar-refractivity contribution in [2.24, 2.45) is 0 Å². The Labute approximate surface area is 493 Å². The van der Waals surface area contributed by atoms with Crippen LogP contribution in [0.5, 0.6) is 0 Å². The van der Waals surface area contributed by atoms with Crippen molar-refractivity contribution in [2.45, 2.75) is 31.2 Å². The van der Waals surface area contributed by atoms with Crippen LogP contribution in [0.25, 0.3) is 0 Å². The number of carbonyl (C=O) groups is 7. The molecule has 0 rings (SSSR count). The van der Waals surface area contributed by atoms with Crippen LogP contribution in [0.3, 0.4) is 0 Å². The SMILES string of the molecule is O=C([O-])C(Cl)(Cl)N(O)Cl.O=C([O-])C(Cl)(Cl)N(O)Cl.O=C([O-])C(Cl)(Cl)N(O)Cl.O=C([O-])C(Cl)(Cl)N(O)Cl.O=C([O-])C(Cl)(Cl)N(O)Cl.O=C([O-])C(Cl)(Cl)N(O)Cl.O=C([O-])C(Cl)(Cl)N(O)Cl.[Al+3].[Zr+4]. The van der Waals surface area contributed by atoms with Crippen LogP contribution in [0, 0.1) is 0 Å². The van der Waals surface area contributed by atoms with Crippen LogP contribution in [-0.4, -0.2) is 159 Å². The van der Waals surface area contributed by atoms with E-state index >= 15 is 0 Å². The number of rotatable bonds is 14. The standard InChI is InChI=1S/7C2H2Cl3NO3.Al.Zr/c7*3-2(4,1(7)8)6(5)9;;/h7*9H,(H,7,8);;/q;;;;;;;+3;+4/p-7. The number of carboxylic acid groups (broad SMARTS) is 7. The predicted molar refractivity (Wildman–Crippen MR) is 208 cm³/mol. The molecule has 0 aromatic heterocycles. The minimum atomic E-state index is -2.60. The summed E-state index contributed by atoms with van der Waals surface area (Å²) in [5.74, 6) is -13.3. The molecule has 0 saturated carbocycles. The van der Waals surface area contributed by atoms with Crippen LogP contribution in [0.15, 0.2) is 0 Å². The third kappa shape index (κ3) is 37.6. The summed E-state index contributed by atoms with van der Waals surface area (Å²) < 4.78 is -21.0. The van der Waals surface area contributed by atoms with Crippen molar-refractivity contribution < 1.29 is 132 Å².